The van der Waals surface area contributed by atoms with Crippen molar-refractivity contribution in [2.45, 2.75) is 17.4 Å². The van der Waals surface area contributed by atoms with Crippen LogP contribution in [0.3, 0.4) is 0 Å². The number of hydrogen-bond donors (Lipinski definition) is 2. The first-order chi connectivity index (χ1) is 8.91. The topological polar surface area (TPSA) is 124 Å². The van der Waals surface area contributed by atoms with Crippen LogP contribution >= 0.6 is 0 Å². The molecular formula is C11H12N2O5S. The van der Waals surface area contributed by atoms with Crippen LogP contribution in [0.5, 0.6) is 0 Å². The Labute approximate surface area is 111 Å². The number of nitro benzene ring substituents is 1. The number of carboxylic acids is 1. The Morgan fingerprint density at radius 1 is 1.47 bits per heavy atom. The van der Waals surface area contributed by atoms with Gasteiger partial charge in [0.2, 0.25) is 0 Å². The number of aliphatic carboxylic acids is 1. The van der Waals surface area contributed by atoms with Crippen LogP contribution in [-0.4, -0.2) is 26.2 Å². The molecule has 8 heteroatoms. The molecule has 0 aliphatic heterocycles. The van der Waals surface area contributed by atoms with Gasteiger partial charge in [-0.3, -0.25) is 14.9 Å². The monoisotopic (exact) mass is 284 g/mol. The van der Waals surface area contributed by atoms with Crippen molar-refractivity contribution < 1.29 is 19.0 Å². The van der Waals surface area contributed by atoms with E-state index in [2.05, 4.69) is 0 Å². The predicted molar refractivity (Wildman–Crippen MR) is 68.9 cm³/mol. The molecule has 19 heavy (non-hydrogen) atoms. The van der Waals surface area contributed by atoms with E-state index in [1.165, 1.54) is 35.7 Å². The van der Waals surface area contributed by atoms with E-state index in [0.717, 1.165) is 0 Å². The summed E-state index contributed by atoms with van der Waals surface area (Å²) in [6.45, 7) is 0. The number of non-ortho nitro benzene ring substituents is 1. The number of nitro groups is 1. The van der Waals surface area contributed by atoms with Crippen molar-refractivity contribution in [3.05, 3.63) is 45.9 Å². The molecule has 7 nitrogen and oxygen atoms in total. The third-order valence-electron chi connectivity index (χ3n) is 2.21. The van der Waals surface area contributed by atoms with Gasteiger partial charge in [-0.25, -0.2) is 4.21 Å². The zero-order chi connectivity index (χ0) is 14.4. The van der Waals surface area contributed by atoms with E-state index in [9.17, 15) is 19.1 Å². The molecule has 0 saturated carbocycles. The van der Waals surface area contributed by atoms with Gasteiger partial charge in [0, 0.05) is 22.4 Å². The molecule has 0 aliphatic rings. The number of hydrogen-bond acceptors (Lipinski definition) is 5. The lowest BCUT2D eigenvalue weighted by Gasteiger charge is -2.00. The lowest BCUT2D eigenvalue weighted by atomic mass is 10.2. The number of nitrogens with two attached hydrogens (primary N) is 1. The van der Waals surface area contributed by atoms with Crippen molar-refractivity contribution in [2.24, 2.45) is 5.73 Å². The first-order valence-electron chi connectivity index (χ1n) is 5.22. The van der Waals surface area contributed by atoms with E-state index in [4.69, 9.17) is 10.8 Å². The molecule has 0 saturated heterocycles. The molecule has 0 spiro atoms. The minimum atomic E-state index is -1.49. The Hall–Kier alpha value is -2.06. The fourth-order valence-electron chi connectivity index (χ4n) is 1.17. The van der Waals surface area contributed by atoms with Crippen molar-refractivity contribution in [3.8, 4) is 0 Å². The third-order valence-corrected chi connectivity index (χ3v) is 3.38. The van der Waals surface area contributed by atoms with Crippen molar-refractivity contribution >= 4 is 22.5 Å². The average molecular weight is 284 g/mol. The van der Waals surface area contributed by atoms with Gasteiger partial charge < -0.3 is 10.8 Å². The summed E-state index contributed by atoms with van der Waals surface area (Å²) < 4.78 is 11.7. The molecule has 0 aromatic heterocycles. The molecule has 0 radical (unpaired) electrons. The first kappa shape index (κ1) is 15.0. The summed E-state index contributed by atoms with van der Waals surface area (Å²) in [4.78, 5) is 20.7. The Bertz CT molecular complexity index is 526. The van der Waals surface area contributed by atoms with Crippen LogP contribution in [0, 0.1) is 10.1 Å². The van der Waals surface area contributed by atoms with Gasteiger partial charge in [0.05, 0.1) is 15.7 Å². The number of benzene rings is 1. The molecule has 0 fully saturated rings. The second kappa shape index (κ2) is 6.76. The summed E-state index contributed by atoms with van der Waals surface area (Å²) in [7, 11) is -1.49. The van der Waals surface area contributed by atoms with E-state index in [1.54, 1.807) is 0 Å². The van der Waals surface area contributed by atoms with Gasteiger partial charge in [0.15, 0.2) is 0 Å². The molecule has 1 rings (SSSR count). The van der Waals surface area contributed by atoms with Crippen LogP contribution in [0.1, 0.15) is 6.42 Å². The smallest absolute Gasteiger partial charge is 0.320 e. The van der Waals surface area contributed by atoms with E-state index in [1.807, 2.05) is 0 Å². The van der Waals surface area contributed by atoms with Gasteiger partial charge in [0.25, 0.3) is 5.69 Å². The highest BCUT2D eigenvalue weighted by molar-refractivity contribution is 7.88. The van der Waals surface area contributed by atoms with Crippen LogP contribution in [0.4, 0.5) is 5.69 Å². The number of carbonyl (C=O) groups is 1. The number of rotatable bonds is 6. The van der Waals surface area contributed by atoms with Gasteiger partial charge >= 0.3 is 5.97 Å². The predicted octanol–water partition coefficient (Wildman–Crippen LogP) is 1.02. The number of nitrogens with zero attached hydrogens (tertiary/aromatic N) is 1. The van der Waals surface area contributed by atoms with Crippen molar-refractivity contribution in [3.63, 3.8) is 0 Å². The van der Waals surface area contributed by atoms with Gasteiger partial charge in [0.1, 0.15) is 6.04 Å². The Kier molecular flexibility index (Phi) is 5.34. The minimum Gasteiger partial charge on any atom is -0.480 e. The fraction of sp³-hybridized carbons (Fsp3) is 0.182. The minimum absolute atomic E-state index is 0.0635. The second-order valence-electron chi connectivity index (χ2n) is 3.60. The summed E-state index contributed by atoms with van der Waals surface area (Å²) in [6, 6.07) is 4.24. The molecule has 0 heterocycles. The number of carboxylic acid groups (broad SMARTS) is 1. The summed E-state index contributed by atoms with van der Waals surface area (Å²) in [5.74, 6) is -1.13. The SMILES string of the molecule is NC(CC=CS(=O)c1ccc([N+](=O)[O-])cc1)C(=O)O. The second-order valence-corrected chi connectivity index (χ2v) is 4.94. The third kappa shape index (κ3) is 4.60. The first-order valence-corrected chi connectivity index (χ1v) is 6.43. The maximum atomic E-state index is 11.7. The zero-order valence-corrected chi connectivity index (χ0v) is 10.6. The van der Waals surface area contributed by atoms with Crippen LogP contribution in [0.15, 0.2) is 40.6 Å². The van der Waals surface area contributed by atoms with Crippen molar-refractivity contribution in [2.75, 3.05) is 0 Å². The van der Waals surface area contributed by atoms with Crippen molar-refractivity contribution in [1.82, 2.24) is 0 Å². The van der Waals surface area contributed by atoms with Gasteiger partial charge in [-0.05, 0) is 18.6 Å². The molecule has 0 aliphatic carbocycles. The van der Waals surface area contributed by atoms with E-state index in [-0.39, 0.29) is 12.1 Å². The maximum Gasteiger partial charge on any atom is 0.320 e. The summed E-state index contributed by atoms with van der Waals surface area (Å²) in [5, 5.41) is 20.3. The highest BCUT2D eigenvalue weighted by Gasteiger charge is 2.09. The Balaban J connectivity index is 2.65. The molecule has 0 amide bonds. The van der Waals surface area contributed by atoms with Crippen LogP contribution in [0.2, 0.25) is 0 Å². The van der Waals surface area contributed by atoms with Gasteiger partial charge in [-0.15, -0.1) is 0 Å². The lowest BCUT2D eigenvalue weighted by Crippen LogP contribution is -2.29. The van der Waals surface area contributed by atoms with Crippen molar-refractivity contribution in [1.29, 1.82) is 0 Å². The lowest BCUT2D eigenvalue weighted by molar-refractivity contribution is -0.384. The van der Waals surface area contributed by atoms with Gasteiger partial charge in [-0.1, -0.05) is 6.08 Å². The summed E-state index contributed by atoms with van der Waals surface area (Å²) in [6.07, 6.45) is 1.48. The maximum absolute atomic E-state index is 11.7. The van der Waals surface area contributed by atoms with E-state index in [0.29, 0.717) is 4.90 Å². The molecule has 2 atom stereocenters. The largest absolute Gasteiger partial charge is 0.480 e. The average Bonchev–Trinajstić information content (AvgIpc) is 2.38. The Morgan fingerprint density at radius 3 is 2.53 bits per heavy atom. The van der Waals surface area contributed by atoms with Crippen LogP contribution in [-0.2, 0) is 15.6 Å². The quantitative estimate of drug-likeness (QED) is 0.593. The molecule has 1 aromatic carbocycles. The summed E-state index contributed by atoms with van der Waals surface area (Å²) in [5.41, 5.74) is 5.18. The molecule has 3 N–H and O–H groups in total. The highest BCUT2D eigenvalue weighted by Crippen LogP contribution is 2.15. The fourth-order valence-corrected chi connectivity index (χ4v) is 2.02. The standard InChI is InChI=1S/C11H12N2O5S/c12-10(11(14)15)2-1-7-19(18)9-5-3-8(4-6-9)13(16)17/h1,3-7,10H,2,12H2,(H,14,15). The van der Waals surface area contributed by atoms with Crippen LogP contribution < -0.4 is 5.73 Å². The Morgan fingerprint density at radius 2 is 2.05 bits per heavy atom. The molecule has 1 aromatic rings. The normalized spacial score (nSPS) is 14.2. The van der Waals surface area contributed by atoms with E-state index >= 15 is 0 Å². The molecular weight excluding hydrogens is 272 g/mol. The van der Waals surface area contributed by atoms with Crippen LogP contribution in [0.25, 0.3) is 0 Å². The molecule has 2 unspecified atom stereocenters. The highest BCUT2D eigenvalue weighted by atomic mass is 32.2. The van der Waals surface area contributed by atoms with Gasteiger partial charge in [-0.2, -0.15) is 0 Å². The zero-order valence-electron chi connectivity index (χ0n) is 9.76. The van der Waals surface area contributed by atoms with E-state index < -0.39 is 27.7 Å². The molecule has 0 bridgehead atoms. The summed E-state index contributed by atoms with van der Waals surface area (Å²) >= 11 is 0. The molecule has 102 valence electrons.